The molecule has 0 saturated heterocycles. The van der Waals surface area contributed by atoms with E-state index in [-0.39, 0.29) is 5.57 Å². The summed E-state index contributed by atoms with van der Waals surface area (Å²) in [5.41, 5.74) is 2.87. The van der Waals surface area contributed by atoms with E-state index in [1.807, 2.05) is 88.4 Å². The van der Waals surface area contributed by atoms with Gasteiger partial charge >= 0.3 is 0 Å². The lowest BCUT2D eigenvalue weighted by molar-refractivity contribution is 0.387. The number of nitrogens with zero attached hydrogens (tertiary/aromatic N) is 4. The molecule has 0 aliphatic heterocycles. The van der Waals surface area contributed by atoms with Crippen LogP contribution in [0.4, 0.5) is 0 Å². The Morgan fingerprint density at radius 1 is 0.767 bits per heavy atom. The zero-order valence-corrected chi connectivity index (χ0v) is 18.1. The maximum absolute atomic E-state index is 10.2. The van der Waals surface area contributed by atoms with E-state index in [2.05, 4.69) is 12.1 Å². The highest BCUT2D eigenvalue weighted by molar-refractivity contribution is 8.02. The van der Waals surface area contributed by atoms with Crippen LogP contribution in [0.1, 0.15) is 49.9 Å². The molecule has 0 fully saturated rings. The number of fused-ring (bicyclic) bond motifs is 2. The van der Waals surface area contributed by atoms with Gasteiger partial charge in [0.1, 0.15) is 17.7 Å². The molecule has 1 aliphatic carbocycles. The lowest BCUT2D eigenvalue weighted by Crippen LogP contribution is -2.45. The molecule has 4 nitrogen and oxygen atoms in total. The average molecular weight is 409 g/mol. The number of thioether (sulfide) groups is 1. The van der Waals surface area contributed by atoms with Gasteiger partial charge in [-0.3, -0.25) is 0 Å². The number of hydrogen-bond acceptors (Lipinski definition) is 5. The summed E-state index contributed by atoms with van der Waals surface area (Å²) in [6.45, 7) is 7.45. The first-order valence-corrected chi connectivity index (χ1v) is 10.3. The van der Waals surface area contributed by atoms with Crippen LogP contribution in [0.5, 0.6) is 0 Å². The Bertz CT molecular complexity index is 1160. The van der Waals surface area contributed by atoms with Crippen LogP contribution in [0, 0.1) is 50.7 Å². The number of benzene rings is 2. The van der Waals surface area contributed by atoms with E-state index in [9.17, 15) is 21.0 Å². The quantitative estimate of drug-likeness (QED) is 0.609. The summed E-state index contributed by atoms with van der Waals surface area (Å²) >= 11 is 1.44. The number of nitriles is 4. The molecule has 1 aliphatic rings. The Labute approximate surface area is 181 Å². The van der Waals surface area contributed by atoms with Gasteiger partial charge in [0, 0.05) is 5.57 Å². The average Bonchev–Trinajstić information content (AvgIpc) is 2.75. The van der Waals surface area contributed by atoms with Crippen LogP contribution in [-0.2, 0) is 4.75 Å². The molecular formula is C25H20N4S. The zero-order chi connectivity index (χ0) is 22.2. The van der Waals surface area contributed by atoms with Crippen LogP contribution >= 0.6 is 11.8 Å². The first-order chi connectivity index (χ1) is 14.2. The standard InChI is InChI=1S/C25H20N4S/c1-23(2,15-28)25(30-24(3,4)16-29)20-11-7-5-9-18(20)22(17(13-26)14-27)19-10-6-8-12-21(19)25/h5-12H,1-4H3. The van der Waals surface area contributed by atoms with Crippen molar-refractivity contribution in [2.75, 3.05) is 0 Å². The second-order valence-corrected chi connectivity index (χ2v) is 10.0. The summed E-state index contributed by atoms with van der Waals surface area (Å²) in [5.74, 6) is 0. The van der Waals surface area contributed by atoms with Crippen molar-refractivity contribution >= 4 is 17.3 Å². The summed E-state index contributed by atoms with van der Waals surface area (Å²) in [6.07, 6.45) is 0. The summed E-state index contributed by atoms with van der Waals surface area (Å²) in [7, 11) is 0. The molecule has 0 heterocycles. The fraction of sp³-hybridized carbons (Fsp3) is 0.280. The highest BCUT2D eigenvalue weighted by Gasteiger charge is 2.56. The van der Waals surface area contributed by atoms with E-state index in [4.69, 9.17) is 0 Å². The molecule has 0 atom stereocenters. The first kappa shape index (κ1) is 21.2. The van der Waals surface area contributed by atoms with Gasteiger partial charge in [-0.25, -0.2) is 0 Å². The van der Waals surface area contributed by atoms with Crippen molar-refractivity contribution in [3.05, 3.63) is 76.4 Å². The molecule has 30 heavy (non-hydrogen) atoms. The molecule has 0 radical (unpaired) electrons. The van der Waals surface area contributed by atoms with Crippen LogP contribution in [0.2, 0.25) is 0 Å². The van der Waals surface area contributed by atoms with Gasteiger partial charge in [-0.05, 0) is 49.9 Å². The van der Waals surface area contributed by atoms with Crippen molar-refractivity contribution in [3.63, 3.8) is 0 Å². The van der Waals surface area contributed by atoms with Crippen LogP contribution in [-0.4, -0.2) is 4.75 Å². The number of hydrogen-bond donors (Lipinski definition) is 0. The van der Waals surface area contributed by atoms with Gasteiger partial charge in [0.2, 0.25) is 0 Å². The lowest BCUT2D eigenvalue weighted by atomic mass is 9.64. The van der Waals surface area contributed by atoms with E-state index in [1.165, 1.54) is 11.8 Å². The van der Waals surface area contributed by atoms with Crippen molar-refractivity contribution in [3.8, 4) is 24.3 Å². The van der Waals surface area contributed by atoms with Crippen molar-refractivity contribution in [1.29, 1.82) is 21.0 Å². The molecule has 3 rings (SSSR count). The summed E-state index contributed by atoms with van der Waals surface area (Å²) < 4.78 is -1.67. The molecule has 0 aromatic heterocycles. The lowest BCUT2D eigenvalue weighted by Gasteiger charge is -2.50. The normalized spacial score (nSPS) is 17.4. The van der Waals surface area contributed by atoms with Crippen LogP contribution in [0.3, 0.4) is 0 Å². The second kappa shape index (κ2) is 7.39. The number of allylic oxidation sites excluding steroid dienone is 1. The minimum atomic E-state index is -0.900. The molecule has 2 aromatic carbocycles. The topological polar surface area (TPSA) is 95.2 Å². The monoisotopic (exact) mass is 408 g/mol. The summed E-state index contributed by atoms with van der Waals surface area (Å²) in [5, 5.41) is 39.4. The Morgan fingerprint density at radius 2 is 1.23 bits per heavy atom. The van der Waals surface area contributed by atoms with Gasteiger partial charge in [0.25, 0.3) is 0 Å². The highest BCUT2D eigenvalue weighted by atomic mass is 32.2. The maximum Gasteiger partial charge on any atom is 0.138 e. The third-order valence-corrected chi connectivity index (χ3v) is 7.32. The van der Waals surface area contributed by atoms with E-state index in [1.54, 1.807) is 0 Å². The van der Waals surface area contributed by atoms with Gasteiger partial charge in [-0.1, -0.05) is 48.5 Å². The first-order valence-electron chi connectivity index (χ1n) is 9.46. The fourth-order valence-electron chi connectivity index (χ4n) is 4.11. The SMILES string of the molecule is CC(C)(C#N)SC1(C(C)(C)C#N)c2ccccc2C(=C(C#N)C#N)c2ccccc21. The van der Waals surface area contributed by atoms with Crippen molar-refractivity contribution in [2.45, 2.75) is 37.2 Å². The van der Waals surface area contributed by atoms with Gasteiger partial charge < -0.3 is 0 Å². The Balaban J connectivity index is 2.60. The molecule has 0 saturated carbocycles. The fourth-order valence-corrected chi connectivity index (χ4v) is 5.80. The largest absolute Gasteiger partial charge is 0.198 e. The van der Waals surface area contributed by atoms with E-state index < -0.39 is 14.9 Å². The van der Waals surface area contributed by atoms with Crippen LogP contribution in [0.15, 0.2) is 54.1 Å². The van der Waals surface area contributed by atoms with Gasteiger partial charge in [-0.2, -0.15) is 21.0 Å². The molecule has 146 valence electrons. The van der Waals surface area contributed by atoms with Crippen molar-refractivity contribution in [2.24, 2.45) is 5.41 Å². The summed E-state index contributed by atoms with van der Waals surface area (Å²) in [6, 6.07) is 24.1. The predicted octanol–water partition coefficient (Wildman–Crippen LogP) is 5.68. The molecule has 5 heteroatoms. The van der Waals surface area contributed by atoms with Crippen molar-refractivity contribution in [1.82, 2.24) is 0 Å². The maximum atomic E-state index is 10.2. The smallest absolute Gasteiger partial charge is 0.138 e. The van der Waals surface area contributed by atoms with Crippen LogP contribution < -0.4 is 0 Å². The molecule has 0 N–H and O–H groups in total. The number of rotatable bonds is 3. The Morgan fingerprint density at radius 3 is 1.63 bits per heavy atom. The third kappa shape index (κ3) is 2.97. The van der Waals surface area contributed by atoms with Gasteiger partial charge in [-0.15, -0.1) is 11.8 Å². The third-order valence-electron chi connectivity index (χ3n) is 5.46. The van der Waals surface area contributed by atoms with E-state index in [0.717, 1.165) is 22.3 Å². The van der Waals surface area contributed by atoms with Crippen molar-refractivity contribution < 1.29 is 0 Å². The van der Waals surface area contributed by atoms with Gasteiger partial charge in [0.15, 0.2) is 0 Å². The zero-order valence-electron chi connectivity index (χ0n) is 17.3. The van der Waals surface area contributed by atoms with E-state index >= 15 is 0 Å². The Kier molecular flexibility index (Phi) is 5.22. The van der Waals surface area contributed by atoms with E-state index in [0.29, 0.717) is 5.57 Å². The summed E-state index contributed by atoms with van der Waals surface area (Å²) in [4.78, 5) is 0. The molecule has 0 spiro atoms. The van der Waals surface area contributed by atoms with Crippen LogP contribution in [0.25, 0.3) is 5.57 Å². The predicted molar refractivity (Wildman–Crippen MR) is 118 cm³/mol. The Hall–Kier alpha value is -3.51. The van der Waals surface area contributed by atoms with Gasteiger partial charge in [0.05, 0.1) is 27.0 Å². The second-order valence-electron chi connectivity index (χ2n) is 8.21. The highest BCUT2D eigenvalue weighted by Crippen LogP contribution is 2.63. The minimum Gasteiger partial charge on any atom is -0.198 e. The molecule has 0 amide bonds. The molecular weight excluding hydrogens is 388 g/mol. The minimum absolute atomic E-state index is 0.0304. The molecule has 0 bridgehead atoms. The molecule has 0 unspecified atom stereocenters. The molecule has 2 aromatic rings.